The van der Waals surface area contributed by atoms with Gasteiger partial charge in [0.25, 0.3) is 5.91 Å². The molecule has 0 aromatic heterocycles. The van der Waals surface area contributed by atoms with Gasteiger partial charge in [-0.2, -0.15) is 0 Å². The minimum atomic E-state index is -0.132. The third-order valence-electron chi connectivity index (χ3n) is 3.32. The second-order valence-electron chi connectivity index (χ2n) is 4.90. The molecule has 3 N–H and O–H groups in total. The van der Waals surface area contributed by atoms with Crippen LogP contribution in [0.1, 0.15) is 60.2 Å². The zero-order valence-corrected chi connectivity index (χ0v) is 12.3. The molecule has 110 valence electrons. The second kappa shape index (κ2) is 8.48. The van der Waals surface area contributed by atoms with E-state index < -0.39 is 0 Å². The minimum Gasteiger partial charge on any atom is -0.348 e. The molecule has 20 heavy (non-hydrogen) atoms. The van der Waals surface area contributed by atoms with E-state index in [4.69, 9.17) is 5.73 Å². The third kappa shape index (κ3) is 4.78. The normalized spacial score (nSPS) is 11.9. The first-order valence-corrected chi connectivity index (χ1v) is 7.26. The van der Waals surface area contributed by atoms with E-state index in [1.165, 1.54) is 0 Å². The maximum absolute atomic E-state index is 12.1. The fourth-order valence-electron chi connectivity index (χ4n) is 1.98. The molecule has 0 heterocycles. The topological polar surface area (TPSA) is 72.2 Å². The summed E-state index contributed by atoms with van der Waals surface area (Å²) >= 11 is 0. The molecule has 0 aliphatic heterocycles. The number of nitrogens with two attached hydrogens (primary N) is 1. The summed E-state index contributed by atoms with van der Waals surface area (Å²) in [5.41, 5.74) is 6.87. The van der Waals surface area contributed by atoms with Gasteiger partial charge in [0, 0.05) is 30.1 Å². The number of Topliss-reactive ketones (excluding diaryl/α,β-unsaturated/α-hetero) is 1. The first kappa shape index (κ1) is 16.4. The van der Waals surface area contributed by atoms with Gasteiger partial charge in [0.05, 0.1) is 0 Å². The predicted octanol–water partition coefficient (Wildman–Crippen LogP) is 2.53. The highest BCUT2D eigenvalue weighted by Crippen LogP contribution is 2.08. The maximum atomic E-state index is 12.1. The molecule has 4 nitrogen and oxygen atoms in total. The van der Waals surface area contributed by atoms with E-state index in [-0.39, 0.29) is 17.7 Å². The van der Waals surface area contributed by atoms with Crippen LogP contribution in [0.15, 0.2) is 24.3 Å². The Morgan fingerprint density at radius 2 is 1.75 bits per heavy atom. The quantitative estimate of drug-likeness (QED) is 0.717. The predicted molar refractivity (Wildman–Crippen MR) is 80.9 cm³/mol. The Balaban J connectivity index is 2.65. The molecule has 0 saturated carbocycles. The van der Waals surface area contributed by atoms with E-state index in [0.29, 0.717) is 24.1 Å². The number of amides is 1. The molecular formula is C16H24N2O2. The Kier molecular flexibility index (Phi) is 6.94. The number of benzene rings is 1. The van der Waals surface area contributed by atoms with Gasteiger partial charge in [-0.3, -0.25) is 9.59 Å². The largest absolute Gasteiger partial charge is 0.348 e. The highest BCUT2D eigenvalue weighted by molar-refractivity contribution is 5.98. The van der Waals surface area contributed by atoms with Gasteiger partial charge in [-0.15, -0.1) is 0 Å². The highest BCUT2D eigenvalue weighted by Gasteiger charge is 2.12. The summed E-state index contributed by atoms with van der Waals surface area (Å²) in [6.07, 6.45) is 3.50. The van der Waals surface area contributed by atoms with Crippen molar-refractivity contribution in [2.45, 2.75) is 45.6 Å². The van der Waals surface area contributed by atoms with Crippen molar-refractivity contribution in [1.29, 1.82) is 0 Å². The van der Waals surface area contributed by atoms with Crippen LogP contribution >= 0.6 is 0 Å². The second-order valence-corrected chi connectivity index (χ2v) is 4.90. The maximum Gasteiger partial charge on any atom is 0.251 e. The van der Waals surface area contributed by atoms with Gasteiger partial charge in [0.1, 0.15) is 0 Å². The van der Waals surface area contributed by atoms with Crippen molar-refractivity contribution in [2.24, 2.45) is 5.73 Å². The van der Waals surface area contributed by atoms with Crippen molar-refractivity contribution in [2.75, 3.05) is 6.54 Å². The van der Waals surface area contributed by atoms with Crippen molar-refractivity contribution < 1.29 is 9.59 Å². The Morgan fingerprint density at radius 1 is 1.15 bits per heavy atom. The van der Waals surface area contributed by atoms with Gasteiger partial charge >= 0.3 is 0 Å². The van der Waals surface area contributed by atoms with Crippen LogP contribution in [0.2, 0.25) is 0 Å². The van der Waals surface area contributed by atoms with Gasteiger partial charge < -0.3 is 11.1 Å². The SMILES string of the molecule is CCCCC(CN)NC(=O)c1ccc(C(=O)CC)cc1. The standard InChI is InChI=1S/C16H24N2O2/c1-3-5-6-14(11-17)18-16(20)13-9-7-12(8-10-13)15(19)4-2/h7-10,14H,3-6,11,17H2,1-2H3,(H,18,20). The van der Waals surface area contributed by atoms with Gasteiger partial charge in [-0.1, -0.05) is 38.8 Å². The fourth-order valence-corrected chi connectivity index (χ4v) is 1.98. The molecule has 0 aliphatic carbocycles. The van der Waals surface area contributed by atoms with Crippen molar-refractivity contribution in [3.05, 3.63) is 35.4 Å². The number of unbranched alkanes of at least 4 members (excludes halogenated alkanes) is 1. The molecule has 1 atom stereocenters. The van der Waals surface area contributed by atoms with E-state index >= 15 is 0 Å². The molecule has 0 fully saturated rings. The van der Waals surface area contributed by atoms with Crippen molar-refractivity contribution in [1.82, 2.24) is 5.32 Å². The number of ketones is 1. The summed E-state index contributed by atoms with van der Waals surface area (Å²) in [7, 11) is 0. The molecular weight excluding hydrogens is 252 g/mol. The summed E-state index contributed by atoms with van der Waals surface area (Å²) in [4.78, 5) is 23.6. The molecule has 0 aliphatic rings. The Hall–Kier alpha value is -1.68. The fraction of sp³-hybridized carbons (Fsp3) is 0.500. The van der Waals surface area contributed by atoms with Crippen molar-refractivity contribution in [3.8, 4) is 0 Å². The zero-order valence-electron chi connectivity index (χ0n) is 12.3. The molecule has 1 unspecified atom stereocenters. The number of hydrogen-bond donors (Lipinski definition) is 2. The lowest BCUT2D eigenvalue weighted by molar-refractivity contribution is 0.0933. The average Bonchev–Trinajstić information content (AvgIpc) is 2.50. The number of carbonyl (C=O) groups is 2. The van der Waals surface area contributed by atoms with E-state index in [9.17, 15) is 9.59 Å². The molecule has 0 bridgehead atoms. The minimum absolute atomic E-state index is 0.0133. The smallest absolute Gasteiger partial charge is 0.251 e. The van der Waals surface area contributed by atoms with E-state index in [1.807, 2.05) is 6.92 Å². The number of nitrogens with one attached hydrogen (secondary N) is 1. The molecule has 1 aromatic rings. The Labute approximate surface area is 120 Å². The first-order chi connectivity index (χ1) is 9.62. The van der Waals surface area contributed by atoms with E-state index in [2.05, 4.69) is 12.2 Å². The van der Waals surface area contributed by atoms with Crippen LogP contribution in [-0.2, 0) is 0 Å². The monoisotopic (exact) mass is 276 g/mol. The Morgan fingerprint density at radius 3 is 2.25 bits per heavy atom. The number of rotatable bonds is 8. The molecule has 0 saturated heterocycles. The van der Waals surface area contributed by atoms with Crippen LogP contribution in [0.25, 0.3) is 0 Å². The van der Waals surface area contributed by atoms with Crippen LogP contribution in [-0.4, -0.2) is 24.3 Å². The lowest BCUT2D eigenvalue weighted by atomic mass is 10.1. The lowest BCUT2D eigenvalue weighted by Crippen LogP contribution is -2.40. The van der Waals surface area contributed by atoms with Crippen molar-refractivity contribution >= 4 is 11.7 Å². The molecule has 1 aromatic carbocycles. The van der Waals surface area contributed by atoms with Crippen LogP contribution in [0.3, 0.4) is 0 Å². The summed E-state index contributed by atoms with van der Waals surface area (Å²) in [6, 6.07) is 6.78. The van der Waals surface area contributed by atoms with Gasteiger partial charge in [0.2, 0.25) is 0 Å². The van der Waals surface area contributed by atoms with Crippen LogP contribution < -0.4 is 11.1 Å². The summed E-state index contributed by atoms with van der Waals surface area (Å²) in [5.74, 6) is -0.0493. The van der Waals surface area contributed by atoms with Crippen LogP contribution in [0.4, 0.5) is 0 Å². The average molecular weight is 276 g/mol. The van der Waals surface area contributed by atoms with Gasteiger partial charge in [0.15, 0.2) is 5.78 Å². The molecule has 0 radical (unpaired) electrons. The third-order valence-corrected chi connectivity index (χ3v) is 3.32. The van der Waals surface area contributed by atoms with Crippen LogP contribution in [0, 0.1) is 0 Å². The number of carbonyl (C=O) groups excluding carboxylic acids is 2. The highest BCUT2D eigenvalue weighted by atomic mass is 16.1. The molecule has 4 heteroatoms. The molecule has 1 amide bonds. The number of hydrogen-bond acceptors (Lipinski definition) is 3. The van der Waals surface area contributed by atoms with Crippen molar-refractivity contribution in [3.63, 3.8) is 0 Å². The lowest BCUT2D eigenvalue weighted by Gasteiger charge is -2.16. The van der Waals surface area contributed by atoms with Crippen LogP contribution in [0.5, 0.6) is 0 Å². The first-order valence-electron chi connectivity index (χ1n) is 7.26. The summed E-state index contributed by atoms with van der Waals surface area (Å²) in [5, 5.41) is 2.93. The zero-order chi connectivity index (χ0) is 15.0. The van der Waals surface area contributed by atoms with Gasteiger partial charge in [-0.05, 0) is 18.6 Å². The summed E-state index contributed by atoms with van der Waals surface area (Å²) < 4.78 is 0. The summed E-state index contributed by atoms with van der Waals surface area (Å²) in [6.45, 7) is 4.37. The van der Waals surface area contributed by atoms with Gasteiger partial charge in [-0.25, -0.2) is 0 Å². The van der Waals surface area contributed by atoms with E-state index in [0.717, 1.165) is 19.3 Å². The van der Waals surface area contributed by atoms with E-state index in [1.54, 1.807) is 24.3 Å². The molecule has 0 spiro atoms. The molecule has 1 rings (SSSR count). The Bertz CT molecular complexity index is 440.